The van der Waals surface area contributed by atoms with Gasteiger partial charge in [-0.2, -0.15) is 0 Å². The third kappa shape index (κ3) is 3.59. The van der Waals surface area contributed by atoms with Gasteiger partial charge in [0.25, 0.3) is 0 Å². The van der Waals surface area contributed by atoms with Crippen LogP contribution in [0.5, 0.6) is 0 Å². The van der Waals surface area contributed by atoms with E-state index < -0.39 is 0 Å². The number of benzene rings is 1. The van der Waals surface area contributed by atoms with E-state index in [-0.39, 0.29) is 12.0 Å². The number of nitrogens with zero attached hydrogens (tertiary/aromatic N) is 2. The molecular formula is C17H25N3OS. The average molecular weight is 319 g/mol. The van der Waals surface area contributed by atoms with Crippen LogP contribution in [0.3, 0.4) is 0 Å². The number of aliphatic hydroxyl groups is 1. The number of hydrogen-bond donors (Lipinski definition) is 2. The number of aliphatic hydroxyl groups excluding tert-OH is 1. The van der Waals surface area contributed by atoms with Crippen LogP contribution in [0.4, 0.5) is 5.13 Å². The van der Waals surface area contributed by atoms with Gasteiger partial charge in [-0.05, 0) is 25.0 Å². The van der Waals surface area contributed by atoms with Gasteiger partial charge in [0.2, 0.25) is 0 Å². The number of para-hydroxylation sites is 1. The Balaban J connectivity index is 1.65. The summed E-state index contributed by atoms with van der Waals surface area (Å²) in [7, 11) is 0. The molecule has 1 aliphatic rings. The smallest absolute Gasteiger partial charge is 0.186 e. The van der Waals surface area contributed by atoms with Crippen LogP contribution in [0.25, 0.3) is 10.2 Å². The van der Waals surface area contributed by atoms with Crippen LogP contribution in [0.2, 0.25) is 0 Å². The molecule has 2 aromatic rings. The number of thiazole rings is 1. The largest absolute Gasteiger partial charge is 0.396 e. The highest BCUT2D eigenvalue weighted by Crippen LogP contribution is 2.30. The second-order valence-corrected chi connectivity index (χ2v) is 7.96. The molecule has 5 heteroatoms. The van der Waals surface area contributed by atoms with Crippen LogP contribution in [0.15, 0.2) is 24.3 Å². The lowest BCUT2D eigenvalue weighted by Gasteiger charge is -2.35. The Hall–Kier alpha value is -1.17. The molecule has 0 spiro atoms. The van der Waals surface area contributed by atoms with Crippen LogP contribution in [0, 0.1) is 5.41 Å². The lowest BCUT2D eigenvalue weighted by molar-refractivity contribution is 0.151. The fourth-order valence-corrected chi connectivity index (χ4v) is 3.79. The van der Waals surface area contributed by atoms with Gasteiger partial charge < -0.3 is 15.3 Å². The normalized spacial score (nSPS) is 19.8. The van der Waals surface area contributed by atoms with E-state index >= 15 is 0 Å². The zero-order valence-electron chi connectivity index (χ0n) is 13.4. The van der Waals surface area contributed by atoms with Gasteiger partial charge in [0.05, 0.1) is 10.2 Å². The highest BCUT2D eigenvalue weighted by molar-refractivity contribution is 7.22. The van der Waals surface area contributed by atoms with E-state index in [1.54, 1.807) is 11.3 Å². The quantitative estimate of drug-likeness (QED) is 0.890. The maximum atomic E-state index is 9.38. The van der Waals surface area contributed by atoms with Crippen molar-refractivity contribution in [3.05, 3.63) is 24.3 Å². The van der Waals surface area contributed by atoms with Crippen molar-refractivity contribution in [3.63, 3.8) is 0 Å². The molecule has 1 fully saturated rings. The number of piperidine rings is 1. The minimum absolute atomic E-state index is 0.0574. The zero-order valence-corrected chi connectivity index (χ0v) is 14.2. The van der Waals surface area contributed by atoms with E-state index in [0.717, 1.165) is 30.3 Å². The molecule has 0 radical (unpaired) electrons. The van der Waals surface area contributed by atoms with Crippen LogP contribution in [-0.2, 0) is 0 Å². The Morgan fingerprint density at radius 1 is 1.41 bits per heavy atom. The van der Waals surface area contributed by atoms with Gasteiger partial charge in [0, 0.05) is 37.7 Å². The van der Waals surface area contributed by atoms with Crippen molar-refractivity contribution in [2.75, 3.05) is 31.1 Å². The molecule has 22 heavy (non-hydrogen) atoms. The van der Waals surface area contributed by atoms with E-state index in [9.17, 15) is 5.11 Å². The topological polar surface area (TPSA) is 48.4 Å². The van der Waals surface area contributed by atoms with Gasteiger partial charge in [-0.25, -0.2) is 4.98 Å². The molecular weight excluding hydrogens is 294 g/mol. The lowest BCUT2D eigenvalue weighted by Crippen LogP contribution is -2.48. The highest BCUT2D eigenvalue weighted by atomic mass is 32.1. The predicted molar refractivity (Wildman–Crippen MR) is 93.7 cm³/mol. The van der Waals surface area contributed by atoms with E-state index in [4.69, 9.17) is 4.98 Å². The van der Waals surface area contributed by atoms with Crippen molar-refractivity contribution >= 4 is 26.7 Å². The first-order valence-electron chi connectivity index (χ1n) is 8.02. The molecule has 2 heterocycles. The Kier molecular flexibility index (Phi) is 4.66. The van der Waals surface area contributed by atoms with Crippen molar-refractivity contribution in [1.29, 1.82) is 0 Å². The minimum Gasteiger partial charge on any atom is -0.396 e. The van der Waals surface area contributed by atoms with Crippen molar-refractivity contribution in [3.8, 4) is 0 Å². The second-order valence-electron chi connectivity index (χ2n) is 6.95. The van der Waals surface area contributed by atoms with Gasteiger partial charge >= 0.3 is 0 Å². The molecule has 1 atom stereocenters. The number of aromatic nitrogens is 1. The first-order chi connectivity index (χ1) is 10.6. The maximum Gasteiger partial charge on any atom is 0.186 e. The van der Waals surface area contributed by atoms with Crippen molar-refractivity contribution < 1.29 is 5.11 Å². The van der Waals surface area contributed by atoms with Crippen molar-refractivity contribution in [1.82, 2.24) is 10.3 Å². The fraction of sp³-hybridized carbons (Fsp3) is 0.588. The summed E-state index contributed by atoms with van der Waals surface area (Å²) in [6.45, 7) is 7.33. The number of rotatable bonds is 5. The molecule has 0 unspecified atom stereocenters. The SMILES string of the molecule is CC(C)(CO)CN[C@@H]1CCCN(c2nc3ccccc3s2)C1. The first-order valence-corrected chi connectivity index (χ1v) is 8.84. The summed E-state index contributed by atoms with van der Waals surface area (Å²) in [6.07, 6.45) is 2.38. The summed E-state index contributed by atoms with van der Waals surface area (Å²) < 4.78 is 1.26. The minimum atomic E-state index is -0.0574. The predicted octanol–water partition coefficient (Wildman–Crippen LogP) is 2.87. The molecule has 1 aromatic heterocycles. The van der Waals surface area contributed by atoms with E-state index in [1.165, 1.54) is 17.5 Å². The Morgan fingerprint density at radius 3 is 3.00 bits per heavy atom. The molecule has 4 nitrogen and oxygen atoms in total. The summed E-state index contributed by atoms with van der Waals surface area (Å²) in [4.78, 5) is 7.17. The molecule has 0 bridgehead atoms. The lowest BCUT2D eigenvalue weighted by atomic mass is 9.94. The van der Waals surface area contributed by atoms with E-state index in [2.05, 4.69) is 42.3 Å². The van der Waals surface area contributed by atoms with Gasteiger partial charge in [-0.1, -0.05) is 37.3 Å². The summed E-state index contributed by atoms with van der Waals surface area (Å²) >= 11 is 1.78. The molecule has 3 rings (SSSR count). The monoisotopic (exact) mass is 319 g/mol. The summed E-state index contributed by atoms with van der Waals surface area (Å²) in [5.74, 6) is 0. The standard InChI is InChI=1S/C17H25N3OS/c1-17(2,12-21)11-18-13-6-5-9-20(10-13)16-19-14-7-3-4-8-15(14)22-16/h3-4,7-8,13,18,21H,5-6,9-12H2,1-2H3/t13-/m1/s1. The van der Waals surface area contributed by atoms with Gasteiger partial charge in [-0.15, -0.1) is 0 Å². The van der Waals surface area contributed by atoms with Crippen LogP contribution < -0.4 is 10.2 Å². The number of anilines is 1. The summed E-state index contributed by atoms with van der Waals surface area (Å²) in [6, 6.07) is 8.82. The Morgan fingerprint density at radius 2 is 2.23 bits per heavy atom. The summed E-state index contributed by atoms with van der Waals surface area (Å²) in [5, 5.41) is 14.1. The Bertz CT molecular complexity index is 592. The maximum absolute atomic E-state index is 9.38. The molecule has 120 valence electrons. The van der Waals surface area contributed by atoms with Crippen molar-refractivity contribution in [2.45, 2.75) is 32.7 Å². The number of nitrogens with one attached hydrogen (secondary N) is 1. The zero-order chi connectivity index (χ0) is 15.6. The molecule has 1 aliphatic heterocycles. The molecule has 1 aromatic carbocycles. The van der Waals surface area contributed by atoms with Gasteiger partial charge in [0.1, 0.15) is 0 Å². The van der Waals surface area contributed by atoms with Crippen LogP contribution in [-0.4, -0.2) is 42.4 Å². The average Bonchev–Trinajstić information content (AvgIpc) is 2.97. The van der Waals surface area contributed by atoms with E-state index in [0.29, 0.717) is 6.04 Å². The first kappa shape index (κ1) is 15.7. The van der Waals surface area contributed by atoms with Gasteiger partial charge in [0.15, 0.2) is 5.13 Å². The number of hydrogen-bond acceptors (Lipinski definition) is 5. The second kappa shape index (κ2) is 6.52. The van der Waals surface area contributed by atoms with Crippen LogP contribution in [0.1, 0.15) is 26.7 Å². The molecule has 0 amide bonds. The fourth-order valence-electron chi connectivity index (χ4n) is 2.79. The molecule has 0 saturated carbocycles. The third-order valence-corrected chi connectivity index (χ3v) is 5.37. The van der Waals surface area contributed by atoms with Gasteiger partial charge in [-0.3, -0.25) is 0 Å². The molecule has 0 aliphatic carbocycles. The third-order valence-electron chi connectivity index (χ3n) is 4.27. The number of fused-ring (bicyclic) bond motifs is 1. The van der Waals surface area contributed by atoms with Crippen LogP contribution >= 0.6 is 11.3 Å². The highest BCUT2D eigenvalue weighted by Gasteiger charge is 2.24. The Labute approximate surface area is 136 Å². The summed E-state index contributed by atoms with van der Waals surface area (Å²) in [5.41, 5.74) is 1.04. The molecule has 2 N–H and O–H groups in total. The van der Waals surface area contributed by atoms with E-state index in [1.807, 2.05) is 6.07 Å². The molecule has 1 saturated heterocycles. The van der Waals surface area contributed by atoms with Crippen molar-refractivity contribution in [2.24, 2.45) is 5.41 Å².